The van der Waals surface area contributed by atoms with E-state index in [1.165, 1.54) is 7.11 Å². The van der Waals surface area contributed by atoms with Crippen LogP contribution in [0.25, 0.3) is 0 Å². The Labute approximate surface area is 138 Å². The molecule has 2 heterocycles. The molecule has 124 valence electrons. The van der Waals surface area contributed by atoms with Crippen LogP contribution in [0.5, 0.6) is 0 Å². The largest absolute Gasteiger partial charge is 0.468 e. The van der Waals surface area contributed by atoms with Gasteiger partial charge in [0.1, 0.15) is 5.76 Å². The zero-order chi connectivity index (χ0) is 17.2. The average molecular weight is 327 g/mol. The maximum Gasteiger partial charge on any atom is 0.329 e. The summed E-state index contributed by atoms with van der Waals surface area (Å²) in [4.78, 5) is 24.3. The van der Waals surface area contributed by atoms with Crippen molar-refractivity contribution in [3.8, 4) is 0 Å². The molecule has 2 aromatic rings. The molecule has 0 bridgehead atoms. The van der Waals surface area contributed by atoms with E-state index in [9.17, 15) is 9.59 Å². The minimum absolute atomic E-state index is 0.0618. The third-order valence-electron chi connectivity index (χ3n) is 3.96. The molecule has 0 radical (unpaired) electrons. The SMILES string of the molecule is C=C1C[C@](Cc2cn(Cc3ccccc3)nn2)(C(=O)OC)C(=O)O1. The summed E-state index contributed by atoms with van der Waals surface area (Å²) < 4.78 is 11.4. The van der Waals surface area contributed by atoms with Crippen LogP contribution in [-0.2, 0) is 32.0 Å². The fourth-order valence-corrected chi connectivity index (χ4v) is 2.81. The van der Waals surface area contributed by atoms with Gasteiger partial charge in [-0.1, -0.05) is 42.1 Å². The van der Waals surface area contributed by atoms with Crippen molar-refractivity contribution in [1.29, 1.82) is 0 Å². The van der Waals surface area contributed by atoms with Gasteiger partial charge in [-0.15, -0.1) is 5.10 Å². The molecule has 7 nitrogen and oxygen atoms in total. The van der Waals surface area contributed by atoms with Crippen molar-refractivity contribution >= 4 is 11.9 Å². The van der Waals surface area contributed by atoms with E-state index in [0.29, 0.717) is 12.2 Å². The quantitative estimate of drug-likeness (QED) is 0.611. The molecule has 1 aliphatic rings. The van der Waals surface area contributed by atoms with Crippen LogP contribution < -0.4 is 0 Å². The highest BCUT2D eigenvalue weighted by atomic mass is 16.6. The van der Waals surface area contributed by atoms with Crippen LogP contribution in [0.4, 0.5) is 0 Å². The van der Waals surface area contributed by atoms with Crippen LogP contribution >= 0.6 is 0 Å². The number of methoxy groups -OCH3 is 1. The van der Waals surface area contributed by atoms with Crippen LogP contribution in [0.15, 0.2) is 48.9 Å². The lowest BCUT2D eigenvalue weighted by molar-refractivity contribution is -0.162. The van der Waals surface area contributed by atoms with E-state index in [1.54, 1.807) is 10.9 Å². The molecule has 0 aliphatic carbocycles. The fourth-order valence-electron chi connectivity index (χ4n) is 2.81. The number of benzene rings is 1. The van der Waals surface area contributed by atoms with E-state index in [2.05, 4.69) is 16.9 Å². The van der Waals surface area contributed by atoms with Gasteiger partial charge in [0, 0.05) is 19.0 Å². The third-order valence-corrected chi connectivity index (χ3v) is 3.96. The number of esters is 2. The second-order valence-corrected chi connectivity index (χ2v) is 5.75. The first-order valence-corrected chi connectivity index (χ1v) is 7.45. The number of cyclic esters (lactones) is 1. The van der Waals surface area contributed by atoms with Crippen LogP contribution in [0, 0.1) is 5.41 Å². The van der Waals surface area contributed by atoms with Crippen molar-refractivity contribution in [2.45, 2.75) is 19.4 Å². The molecule has 7 heteroatoms. The predicted molar refractivity (Wildman–Crippen MR) is 83.6 cm³/mol. The predicted octanol–water partition coefficient (Wildman–Crippen LogP) is 1.49. The van der Waals surface area contributed by atoms with Gasteiger partial charge in [-0.05, 0) is 5.56 Å². The van der Waals surface area contributed by atoms with Gasteiger partial charge in [-0.2, -0.15) is 0 Å². The number of ether oxygens (including phenoxy) is 2. The Balaban J connectivity index is 1.80. The minimum atomic E-state index is -1.43. The summed E-state index contributed by atoms with van der Waals surface area (Å²) in [5, 5.41) is 8.12. The molecule has 3 rings (SSSR count). The maximum absolute atomic E-state index is 12.2. The molecule has 1 fully saturated rings. The lowest BCUT2D eigenvalue weighted by Crippen LogP contribution is -2.39. The number of carbonyl (C=O) groups excluding carboxylic acids is 2. The smallest absolute Gasteiger partial charge is 0.329 e. The summed E-state index contributed by atoms with van der Waals surface area (Å²) >= 11 is 0. The van der Waals surface area contributed by atoms with Crippen molar-refractivity contribution in [3.63, 3.8) is 0 Å². The lowest BCUT2D eigenvalue weighted by Gasteiger charge is -2.19. The molecule has 1 aromatic heterocycles. The first-order valence-electron chi connectivity index (χ1n) is 7.45. The van der Waals surface area contributed by atoms with E-state index < -0.39 is 17.4 Å². The number of rotatable bonds is 5. The van der Waals surface area contributed by atoms with Gasteiger partial charge < -0.3 is 9.47 Å². The highest BCUT2D eigenvalue weighted by molar-refractivity contribution is 6.02. The number of aromatic nitrogens is 3. The number of hydrogen-bond donors (Lipinski definition) is 0. The summed E-state index contributed by atoms with van der Waals surface area (Å²) in [6, 6.07) is 9.79. The summed E-state index contributed by atoms with van der Waals surface area (Å²) in [7, 11) is 1.24. The Morgan fingerprint density at radius 3 is 2.79 bits per heavy atom. The van der Waals surface area contributed by atoms with Crippen molar-refractivity contribution in [3.05, 3.63) is 60.1 Å². The molecule has 0 spiro atoms. The molecule has 0 unspecified atom stereocenters. The van der Waals surface area contributed by atoms with E-state index in [0.717, 1.165) is 5.56 Å². The van der Waals surface area contributed by atoms with Gasteiger partial charge >= 0.3 is 11.9 Å². The minimum Gasteiger partial charge on any atom is -0.468 e. The summed E-state index contributed by atoms with van der Waals surface area (Å²) in [6.45, 7) is 4.18. The topological polar surface area (TPSA) is 83.3 Å². The average Bonchev–Trinajstić information content (AvgIpc) is 3.12. The Hall–Kier alpha value is -2.96. The maximum atomic E-state index is 12.2. The number of hydrogen-bond acceptors (Lipinski definition) is 6. The molecular formula is C17H17N3O4. The van der Waals surface area contributed by atoms with Crippen molar-refractivity contribution in [2.24, 2.45) is 5.41 Å². The van der Waals surface area contributed by atoms with Crippen molar-refractivity contribution < 1.29 is 19.1 Å². The number of allylic oxidation sites excluding steroid dienone is 1. The van der Waals surface area contributed by atoms with E-state index in [4.69, 9.17) is 9.47 Å². The molecular weight excluding hydrogens is 310 g/mol. The van der Waals surface area contributed by atoms with Gasteiger partial charge in [-0.3, -0.25) is 9.59 Å². The van der Waals surface area contributed by atoms with Crippen LogP contribution in [0.1, 0.15) is 17.7 Å². The molecule has 0 N–H and O–H groups in total. The Kier molecular flexibility index (Phi) is 4.16. The Bertz CT molecular complexity index is 784. The van der Waals surface area contributed by atoms with Crippen molar-refractivity contribution in [1.82, 2.24) is 15.0 Å². The molecule has 1 saturated heterocycles. The first kappa shape index (κ1) is 15.9. The van der Waals surface area contributed by atoms with Crippen LogP contribution in [-0.4, -0.2) is 34.0 Å². The standard InChI is InChI=1S/C17H17N3O4/c1-12-8-17(15(21)23-2,16(22)24-12)9-14-11-20(19-18-14)10-13-6-4-3-5-7-13/h3-7,11H,1,8-10H2,2H3/t17-/m0/s1. The molecule has 1 aromatic carbocycles. The van der Waals surface area contributed by atoms with Gasteiger partial charge in [-0.25, -0.2) is 4.68 Å². The molecule has 0 amide bonds. The molecule has 24 heavy (non-hydrogen) atoms. The normalized spacial score (nSPS) is 20.0. The molecule has 1 aliphatic heterocycles. The van der Waals surface area contributed by atoms with E-state index in [-0.39, 0.29) is 18.6 Å². The zero-order valence-electron chi connectivity index (χ0n) is 13.3. The highest BCUT2D eigenvalue weighted by Crippen LogP contribution is 2.39. The second kappa shape index (κ2) is 6.27. The Morgan fingerprint density at radius 1 is 1.42 bits per heavy atom. The monoisotopic (exact) mass is 327 g/mol. The molecule has 1 atom stereocenters. The molecule has 0 saturated carbocycles. The number of carbonyl (C=O) groups is 2. The fraction of sp³-hybridized carbons (Fsp3) is 0.294. The van der Waals surface area contributed by atoms with Gasteiger partial charge in [0.2, 0.25) is 0 Å². The van der Waals surface area contributed by atoms with Crippen molar-refractivity contribution in [2.75, 3.05) is 7.11 Å². The highest BCUT2D eigenvalue weighted by Gasteiger charge is 2.54. The van der Waals surface area contributed by atoms with E-state index in [1.807, 2.05) is 30.3 Å². The van der Waals surface area contributed by atoms with Crippen LogP contribution in [0.2, 0.25) is 0 Å². The van der Waals surface area contributed by atoms with Gasteiger partial charge in [0.05, 0.1) is 19.3 Å². The van der Waals surface area contributed by atoms with Crippen LogP contribution in [0.3, 0.4) is 0 Å². The van der Waals surface area contributed by atoms with Gasteiger partial charge in [0.15, 0.2) is 5.41 Å². The zero-order valence-corrected chi connectivity index (χ0v) is 13.3. The van der Waals surface area contributed by atoms with E-state index >= 15 is 0 Å². The van der Waals surface area contributed by atoms with Gasteiger partial charge in [0.25, 0.3) is 0 Å². The third kappa shape index (κ3) is 2.92. The summed E-state index contributed by atoms with van der Waals surface area (Å²) in [5.41, 5.74) is 0.160. The number of nitrogens with zero attached hydrogens (tertiary/aromatic N) is 3. The second-order valence-electron chi connectivity index (χ2n) is 5.75. The summed E-state index contributed by atoms with van der Waals surface area (Å²) in [6.07, 6.45) is 1.86. The lowest BCUT2D eigenvalue weighted by atomic mass is 9.81. The summed E-state index contributed by atoms with van der Waals surface area (Å²) in [5.74, 6) is -1.05. The Morgan fingerprint density at radius 2 is 2.17 bits per heavy atom. The first-order chi connectivity index (χ1) is 11.5.